The van der Waals surface area contributed by atoms with Crippen molar-refractivity contribution in [3.63, 3.8) is 0 Å². The van der Waals surface area contributed by atoms with Gasteiger partial charge in [0, 0.05) is 28.8 Å². The smallest absolute Gasteiger partial charge is 0.228 e. The Hall–Kier alpha value is -3.80. The molecule has 0 aliphatic carbocycles. The Morgan fingerprint density at radius 1 is 1.00 bits per heavy atom. The highest BCUT2D eigenvalue weighted by atomic mass is 16.5. The molecule has 1 aliphatic rings. The fourth-order valence-electron chi connectivity index (χ4n) is 3.61. The van der Waals surface area contributed by atoms with E-state index in [9.17, 15) is 4.79 Å². The van der Waals surface area contributed by atoms with E-state index >= 15 is 0 Å². The lowest BCUT2D eigenvalue weighted by molar-refractivity contribution is -0.688. The van der Waals surface area contributed by atoms with Gasteiger partial charge in [-0.25, -0.2) is 4.57 Å². The van der Waals surface area contributed by atoms with Crippen molar-refractivity contribution in [1.82, 2.24) is 0 Å². The third-order valence-corrected chi connectivity index (χ3v) is 5.20. The van der Waals surface area contributed by atoms with Crippen LogP contribution in [0.3, 0.4) is 0 Å². The summed E-state index contributed by atoms with van der Waals surface area (Å²) in [5, 5.41) is 0. The Morgan fingerprint density at radius 3 is 2.52 bits per heavy atom. The summed E-state index contributed by atoms with van der Waals surface area (Å²) in [5.41, 5.74) is 3.30. The molecule has 6 nitrogen and oxygen atoms in total. The quantitative estimate of drug-likeness (QED) is 0.450. The number of nitrogens with zero attached hydrogens (tertiary/aromatic N) is 1. The molecule has 0 unspecified atom stereocenters. The molecule has 1 aromatic heterocycles. The van der Waals surface area contributed by atoms with E-state index in [1.165, 1.54) is 0 Å². The van der Waals surface area contributed by atoms with Gasteiger partial charge >= 0.3 is 0 Å². The molecule has 2 heterocycles. The predicted octanol–water partition coefficient (Wildman–Crippen LogP) is 3.80. The van der Waals surface area contributed by atoms with Crippen molar-refractivity contribution in [3.05, 3.63) is 88.9 Å². The molecule has 6 heteroatoms. The highest BCUT2D eigenvalue weighted by molar-refractivity contribution is 6.12. The minimum atomic E-state index is -0.171. The predicted molar refractivity (Wildman–Crippen MR) is 115 cm³/mol. The molecule has 0 atom stereocenters. The van der Waals surface area contributed by atoms with Crippen LogP contribution in [0, 0.1) is 0 Å². The van der Waals surface area contributed by atoms with Gasteiger partial charge in [-0.2, -0.15) is 0 Å². The Morgan fingerprint density at radius 2 is 1.81 bits per heavy atom. The van der Waals surface area contributed by atoms with Gasteiger partial charge in [-0.15, -0.1) is 0 Å². The zero-order chi connectivity index (χ0) is 21.8. The van der Waals surface area contributed by atoms with Gasteiger partial charge in [-0.3, -0.25) is 4.79 Å². The van der Waals surface area contributed by atoms with Gasteiger partial charge in [0.1, 0.15) is 12.4 Å². The number of Topliss-reactive ketones (excluding diaryl/α,β-unsaturated/α-hetero) is 1. The third kappa shape index (κ3) is 4.23. The van der Waals surface area contributed by atoms with Gasteiger partial charge in [0.2, 0.25) is 5.78 Å². The largest absolute Gasteiger partial charge is 0.497 e. The van der Waals surface area contributed by atoms with E-state index in [-0.39, 0.29) is 12.4 Å². The standard InChI is InChI=1S/C25H24NO5/c1-28-19-6-4-5-18(13-19)15-26-11-9-17(10-12-26)14-23-24(27)20-7-8-22(29-2)25(30-3)21(20)16-31-23/h4-14H,15-16H2,1-3H3/q+1. The number of carbonyl (C=O) groups is 1. The molecule has 0 saturated carbocycles. The molecule has 0 saturated heterocycles. The van der Waals surface area contributed by atoms with Gasteiger partial charge in [0.15, 0.2) is 36.2 Å². The van der Waals surface area contributed by atoms with Gasteiger partial charge < -0.3 is 18.9 Å². The van der Waals surface area contributed by atoms with Crippen LogP contribution in [0.4, 0.5) is 0 Å². The van der Waals surface area contributed by atoms with Gasteiger partial charge in [-0.1, -0.05) is 12.1 Å². The molecule has 31 heavy (non-hydrogen) atoms. The Labute approximate surface area is 181 Å². The minimum absolute atomic E-state index is 0.171. The summed E-state index contributed by atoms with van der Waals surface area (Å²) in [7, 11) is 4.78. The molecule has 3 aromatic rings. The first kappa shape index (κ1) is 20.5. The molecule has 0 bridgehead atoms. The van der Waals surface area contributed by atoms with E-state index in [1.807, 2.05) is 42.7 Å². The van der Waals surface area contributed by atoms with E-state index in [0.29, 0.717) is 28.4 Å². The number of pyridine rings is 1. The van der Waals surface area contributed by atoms with E-state index < -0.39 is 0 Å². The summed E-state index contributed by atoms with van der Waals surface area (Å²) in [4.78, 5) is 13.0. The zero-order valence-electron chi connectivity index (χ0n) is 17.8. The second kappa shape index (κ2) is 8.92. The number of methoxy groups -OCH3 is 3. The molecule has 0 fully saturated rings. The van der Waals surface area contributed by atoms with Crippen LogP contribution in [0.15, 0.2) is 66.7 Å². The van der Waals surface area contributed by atoms with E-state index in [4.69, 9.17) is 18.9 Å². The molecule has 0 N–H and O–H groups in total. The third-order valence-electron chi connectivity index (χ3n) is 5.20. The van der Waals surface area contributed by atoms with Crippen molar-refractivity contribution in [2.75, 3.05) is 21.3 Å². The van der Waals surface area contributed by atoms with Crippen molar-refractivity contribution < 1.29 is 28.3 Å². The topological polar surface area (TPSA) is 57.9 Å². The fraction of sp³-hybridized carbons (Fsp3) is 0.200. The summed E-state index contributed by atoms with van der Waals surface area (Å²) >= 11 is 0. The van der Waals surface area contributed by atoms with Gasteiger partial charge in [0.25, 0.3) is 0 Å². The highest BCUT2D eigenvalue weighted by Crippen LogP contribution is 2.37. The first-order valence-electron chi connectivity index (χ1n) is 9.88. The summed E-state index contributed by atoms with van der Waals surface area (Å²) < 4.78 is 23.8. The van der Waals surface area contributed by atoms with Crippen molar-refractivity contribution in [1.29, 1.82) is 0 Å². The molecule has 158 valence electrons. The zero-order valence-corrected chi connectivity index (χ0v) is 17.8. The van der Waals surface area contributed by atoms with E-state index in [2.05, 4.69) is 10.6 Å². The average molecular weight is 418 g/mol. The number of benzene rings is 2. The molecule has 1 aliphatic heterocycles. The minimum Gasteiger partial charge on any atom is -0.497 e. The molecule has 2 aromatic carbocycles. The lowest BCUT2D eigenvalue weighted by Gasteiger charge is -2.22. The van der Waals surface area contributed by atoms with Gasteiger partial charge in [0.05, 0.1) is 21.3 Å². The second-order valence-electron chi connectivity index (χ2n) is 7.11. The number of aromatic nitrogens is 1. The average Bonchev–Trinajstić information content (AvgIpc) is 2.81. The van der Waals surface area contributed by atoms with Crippen molar-refractivity contribution >= 4 is 11.9 Å². The van der Waals surface area contributed by atoms with Crippen LogP contribution in [0.1, 0.15) is 27.0 Å². The normalized spacial score (nSPS) is 14.0. The van der Waals surface area contributed by atoms with Crippen LogP contribution >= 0.6 is 0 Å². The van der Waals surface area contributed by atoms with Crippen LogP contribution in [0.2, 0.25) is 0 Å². The highest BCUT2D eigenvalue weighted by Gasteiger charge is 2.28. The van der Waals surface area contributed by atoms with E-state index in [0.717, 1.165) is 23.4 Å². The first-order chi connectivity index (χ1) is 15.1. The van der Waals surface area contributed by atoms with Gasteiger partial charge in [-0.05, 0) is 35.9 Å². The monoisotopic (exact) mass is 418 g/mol. The fourth-order valence-corrected chi connectivity index (χ4v) is 3.61. The van der Waals surface area contributed by atoms with Crippen molar-refractivity contribution in [2.24, 2.45) is 0 Å². The number of ketones is 1. The SMILES string of the molecule is COc1cccc(C[n+]2ccc(C=C3OCc4c(ccc(OC)c4OC)C3=O)cc2)c1. The van der Waals surface area contributed by atoms with Crippen molar-refractivity contribution in [3.8, 4) is 17.2 Å². The Kier molecular flexibility index (Phi) is 5.89. The molecular weight excluding hydrogens is 394 g/mol. The number of carbonyl (C=O) groups excluding carboxylic acids is 1. The van der Waals surface area contributed by atoms with Crippen molar-refractivity contribution in [2.45, 2.75) is 13.2 Å². The Bertz CT molecular complexity index is 1140. The van der Waals surface area contributed by atoms with Crippen LogP contribution in [-0.2, 0) is 17.9 Å². The number of allylic oxidation sites excluding steroid dienone is 1. The second-order valence-corrected chi connectivity index (χ2v) is 7.11. The van der Waals surface area contributed by atoms with Crippen LogP contribution in [0.5, 0.6) is 17.2 Å². The molecule has 0 amide bonds. The van der Waals surface area contributed by atoms with Crippen LogP contribution in [-0.4, -0.2) is 27.1 Å². The number of fused-ring (bicyclic) bond motifs is 1. The summed E-state index contributed by atoms with van der Waals surface area (Å²) in [6.45, 7) is 0.967. The summed E-state index contributed by atoms with van der Waals surface area (Å²) in [6.07, 6.45) is 5.71. The number of hydrogen-bond acceptors (Lipinski definition) is 5. The lowest BCUT2D eigenvalue weighted by atomic mass is 9.98. The van der Waals surface area contributed by atoms with Crippen LogP contribution < -0.4 is 18.8 Å². The first-order valence-corrected chi connectivity index (χ1v) is 9.88. The molecular formula is C25H24NO5+. The Balaban J connectivity index is 1.53. The molecule has 0 radical (unpaired) electrons. The summed E-state index contributed by atoms with van der Waals surface area (Å²) in [5.74, 6) is 2.09. The van der Waals surface area contributed by atoms with E-state index in [1.54, 1.807) is 39.5 Å². The molecule has 0 spiro atoms. The lowest BCUT2D eigenvalue weighted by Crippen LogP contribution is -2.33. The summed E-state index contributed by atoms with van der Waals surface area (Å²) in [6, 6.07) is 15.4. The maximum atomic E-state index is 13.0. The van der Waals surface area contributed by atoms with Crippen LogP contribution in [0.25, 0.3) is 6.08 Å². The number of ether oxygens (including phenoxy) is 4. The molecule has 4 rings (SSSR count). The maximum Gasteiger partial charge on any atom is 0.228 e. The maximum absolute atomic E-state index is 13.0. The number of rotatable bonds is 6. The number of hydrogen-bond donors (Lipinski definition) is 0.